The Morgan fingerprint density at radius 3 is 2.92 bits per heavy atom. The van der Waals surface area contributed by atoms with Gasteiger partial charge in [0.05, 0.1) is 23.4 Å². The number of hydrogen-bond donors (Lipinski definition) is 1. The highest BCUT2D eigenvalue weighted by molar-refractivity contribution is 5.45. The predicted octanol–water partition coefficient (Wildman–Crippen LogP) is 1.30. The number of aryl methyl sites for hydroxylation is 2. The van der Waals surface area contributed by atoms with Gasteiger partial charge >= 0.3 is 0 Å². The molecule has 0 spiro atoms. The van der Waals surface area contributed by atoms with E-state index in [1.807, 2.05) is 27.1 Å². The lowest BCUT2D eigenvalue weighted by molar-refractivity contribution is 0.756. The van der Waals surface area contributed by atoms with E-state index in [1.54, 1.807) is 4.68 Å². The van der Waals surface area contributed by atoms with Crippen LogP contribution in [0, 0.1) is 24.2 Å². The van der Waals surface area contributed by atoms with Crippen molar-refractivity contribution in [1.29, 1.82) is 5.26 Å². The fourth-order valence-corrected chi connectivity index (χ4v) is 1.08. The zero-order valence-corrected chi connectivity index (χ0v) is 8.20. The van der Waals surface area contributed by atoms with Crippen LogP contribution >= 0.6 is 0 Å². The normalized spacial score (nSPS) is 12.2. The molecule has 1 aromatic rings. The molecule has 0 bridgehead atoms. The zero-order valence-electron chi connectivity index (χ0n) is 8.20. The first-order valence-electron chi connectivity index (χ1n) is 4.27. The third-order valence-corrected chi connectivity index (χ3v) is 1.83. The monoisotopic (exact) mass is 178 g/mol. The van der Waals surface area contributed by atoms with Crippen LogP contribution in [0.15, 0.2) is 6.20 Å². The number of nitrogens with one attached hydrogen (secondary N) is 1. The fraction of sp³-hybridized carbons (Fsp3) is 0.556. The summed E-state index contributed by atoms with van der Waals surface area (Å²) in [6.07, 6.45) is 1.92. The van der Waals surface area contributed by atoms with Crippen molar-refractivity contribution in [1.82, 2.24) is 9.78 Å². The standard InChI is InChI=1S/C9H14N4/c1-7(4-10)5-11-9-6-13(3)12-8(9)2/h6-7,11H,5H2,1-3H3. The molecule has 4 nitrogen and oxygen atoms in total. The Kier molecular flexibility index (Phi) is 2.91. The maximum atomic E-state index is 8.58. The van der Waals surface area contributed by atoms with Crippen LogP contribution in [0.1, 0.15) is 12.6 Å². The zero-order chi connectivity index (χ0) is 9.84. The van der Waals surface area contributed by atoms with Crippen molar-refractivity contribution >= 4 is 5.69 Å². The second-order valence-electron chi connectivity index (χ2n) is 3.21. The minimum atomic E-state index is 0.0274. The Morgan fingerprint density at radius 2 is 2.46 bits per heavy atom. The second-order valence-corrected chi connectivity index (χ2v) is 3.21. The number of nitrogens with zero attached hydrogens (tertiary/aromatic N) is 3. The van der Waals surface area contributed by atoms with Crippen LogP contribution in [0.2, 0.25) is 0 Å². The maximum absolute atomic E-state index is 8.58. The van der Waals surface area contributed by atoms with Crippen molar-refractivity contribution in [3.63, 3.8) is 0 Å². The molecular formula is C9H14N4. The summed E-state index contributed by atoms with van der Waals surface area (Å²) in [6.45, 7) is 4.50. The Morgan fingerprint density at radius 1 is 1.77 bits per heavy atom. The summed E-state index contributed by atoms with van der Waals surface area (Å²) in [4.78, 5) is 0. The molecule has 0 saturated heterocycles. The molecule has 1 heterocycles. The van der Waals surface area contributed by atoms with Gasteiger partial charge < -0.3 is 5.32 Å². The van der Waals surface area contributed by atoms with E-state index in [-0.39, 0.29) is 5.92 Å². The van der Waals surface area contributed by atoms with Crippen LogP contribution in [0.5, 0.6) is 0 Å². The molecule has 0 aliphatic heterocycles. The topological polar surface area (TPSA) is 53.6 Å². The van der Waals surface area contributed by atoms with Gasteiger partial charge in [-0.15, -0.1) is 0 Å². The smallest absolute Gasteiger partial charge is 0.0824 e. The van der Waals surface area contributed by atoms with Crippen molar-refractivity contribution in [3.8, 4) is 6.07 Å². The number of rotatable bonds is 3. The summed E-state index contributed by atoms with van der Waals surface area (Å²) in [5.74, 6) is 0.0274. The molecule has 0 saturated carbocycles. The van der Waals surface area contributed by atoms with Crippen LogP contribution < -0.4 is 5.32 Å². The lowest BCUT2D eigenvalue weighted by Gasteiger charge is -2.04. The average molecular weight is 178 g/mol. The number of hydrogen-bond acceptors (Lipinski definition) is 3. The molecule has 1 rings (SSSR count). The van der Waals surface area contributed by atoms with Gasteiger partial charge in [-0.3, -0.25) is 4.68 Å². The van der Waals surface area contributed by atoms with Gasteiger partial charge in [-0.1, -0.05) is 0 Å². The van der Waals surface area contributed by atoms with Crippen molar-refractivity contribution < 1.29 is 0 Å². The highest BCUT2D eigenvalue weighted by Crippen LogP contribution is 2.11. The lowest BCUT2D eigenvalue weighted by atomic mass is 10.2. The van der Waals surface area contributed by atoms with Crippen molar-refractivity contribution in [2.75, 3.05) is 11.9 Å². The molecule has 4 heteroatoms. The summed E-state index contributed by atoms with van der Waals surface area (Å²) < 4.78 is 1.76. The summed E-state index contributed by atoms with van der Waals surface area (Å²) in [5, 5.41) is 15.9. The van der Waals surface area contributed by atoms with Crippen molar-refractivity contribution in [2.45, 2.75) is 13.8 Å². The summed E-state index contributed by atoms with van der Waals surface area (Å²) in [6, 6.07) is 2.17. The highest BCUT2D eigenvalue weighted by Gasteiger charge is 2.03. The Bertz CT molecular complexity index is 321. The molecule has 0 radical (unpaired) electrons. The molecule has 0 aliphatic carbocycles. The summed E-state index contributed by atoms with van der Waals surface area (Å²) >= 11 is 0. The molecule has 0 aliphatic rings. The van der Waals surface area contributed by atoms with Gasteiger partial charge in [-0.05, 0) is 13.8 Å². The van der Waals surface area contributed by atoms with E-state index in [4.69, 9.17) is 5.26 Å². The number of anilines is 1. The maximum Gasteiger partial charge on any atom is 0.0824 e. The van der Waals surface area contributed by atoms with Gasteiger partial charge in [0.2, 0.25) is 0 Å². The quantitative estimate of drug-likeness (QED) is 0.759. The van der Waals surface area contributed by atoms with Gasteiger partial charge in [0.1, 0.15) is 0 Å². The van der Waals surface area contributed by atoms with E-state index in [9.17, 15) is 0 Å². The Hall–Kier alpha value is -1.50. The Labute approximate surface area is 78.2 Å². The van der Waals surface area contributed by atoms with E-state index >= 15 is 0 Å². The summed E-state index contributed by atoms with van der Waals surface area (Å²) in [7, 11) is 1.88. The predicted molar refractivity (Wildman–Crippen MR) is 51.2 cm³/mol. The SMILES string of the molecule is Cc1nn(C)cc1NCC(C)C#N. The molecular weight excluding hydrogens is 164 g/mol. The highest BCUT2D eigenvalue weighted by atomic mass is 15.3. The minimum absolute atomic E-state index is 0.0274. The fourth-order valence-electron chi connectivity index (χ4n) is 1.08. The van der Waals surface area contributed by atoms with Crippen LogP contribution in [0.4, 0.5) is 5.69 Å². The van der Waals surface area contributed by atoms with Gasteiger partial charge in [0.15, 0.2) is 0 Å². The average Bonchev–Trinajstić information content (AvgIpc) is 2.41. The lowest BCUT2D eigenvalue weighted by Crippen LogP contribution is -2.09. The molecule has 13 heavy (non-hydrogen) atoms. The molecule has 1 unspecified atom stereocenters. The molecule has 70 valence electrons. The van der Waals surface area contributed by atoms with E-state index in [2.05, 4.69) is 16.5 Å². The van der Waals surface area contributed by atoms with Crippen LogP contribution in [0.3, 0.4) is 0 Å². The molecule has 1 aromatic heterocycles. The first-order valence-corrected chi connectivity index (χ1v) is 4.27. The van der Waals surface area contributed by atoms with E-state index in [0.29, 0.717) is 6.54 Å². The van der Waals surface area contributed by atoms with E-state index in [1.165, 1.54) is 0 Å². The van der Waals surface area contributed by atoms with Crippen molar-refractivity contribution in [3.05, 3.63) is 11.9 Å². The van der Waals surface area contributed by atoms with E-state index < -0.39 is 0 Å². The van der Waals surface area contributed by atoms with Crippen LogP contribution in [-0.2, 0) is 7.05 Å². The molecule has 1 atom stereocenters. The minimum Gasteiger partial charge on any atom is -0.381 e. The molecule has 0 fully saturated rings. The van der Waals surface area contributed by atoms with Gasteiger partial charge in [-0.25, -0.2) is 0 Å². The third kappa shape index (κ3) is 2.48. The third-order valence-electron chi connectivity index (χ3n) is 1.83. The van der Waals surface area contributed by atoms with Crippen LogP contribution in [-0.4, -0.2) is 16.3 Å². The first kappa shape index (κ1) is 9.59. The van der Waals surface area contributed by atoms with Crippen LogP contribution in [0.25, 0.3) is 0 Å². The second kappa shape index (κ2) is 3.94. The number of nitriles is 1. The molecule has 0 aromatic carbocycles. The van der Waals surface area contributed by atoms with Gasteiger partial charge in [0, 0.05) is 19.8 Å². The van der Waals surface area contributed by atoms with Gasteiger partial charge in [-0.2, -0.15) is 10.4 Å². The van der Waals surface area contributed by atoms with Gasteiger partial charge in [0.25, 0.3) is 0 Å². The Balaban J connectivity index is 2.55. The molecule has 1 N–H and O–H groups in total. The first-order chi connectivity index (χ1) is 6.13. The largest absolute Gasteiger partial charge is 0.381 e. The number of aromatic nitrogens is 2. The van der Waals surface area contributed by atoms with E-state index in [0.717, 1.165) is 11.4 Å². The van der Waals surface area contributed by atoms with Crippen molar-refractivity contribution in [2.24, 2.45) is 13.0 Å². The summed E-state index contributed by atoms with van der Waals surface area (Å²) in [5.41, 5.74) is 1.97. The molecule has 0 amide bonds.